The van der Waals surface area contributed by atoms with Gasteiger partial charge in [0, 0.05) is 48.9 Å². The molecule has 0 amide bonds. The number of hydrogen-bond donors (Lipinski definition) is 1. The summed E-state index contributed by atoms with van der Waals surface area (Å²) in [5.41, 5.74) is 4.39. The fraction of sp³-hybridized carbons (Fsp3) is 0.455. The van der Waals surface area contributed by atoms with Crippen LogP contribution >= 0.6 is 0 Å². The molecule has 0 aromatic heterocycles. The molecule has 0 fully saturated rings. The van der Waals surface area contributed by atoms with E-state index in [1.165, 1.54) is 11.1 Å². The molecular weight excluding hydrogens is 356 g/mol. The fourth-order valence-electron chi connectivity index (χ4n) is 4.16. The Kier molecular flexibility index (Phi) is 5.08. The lowest BCUT2D eigenvalue weighted by atomic mass is 9.96. The molecular formula is C22H28N2O4. The van der Waals surface area contributed by atoms with Crippen molar-refractivity contribution in [2.45, 2.75) is 25.9 Å². The van der Waals surface area contributed by atoms with Crippen molar-refractivity contribution < 1.29 is 19.3 Å². The van der Waals surface area contributed by atoms with Gasteiger partial charge in [-0.2, -0.15) is 0 Å². The van der Waals surface area contributed by atoms with Gasteiger partial charge in [0.15, 0.2) is 23.0 Å². The predicted molar refractivity (Wildman–Crippen MR) is 108 cm³/mol. The van der Waals surface area contributed by atoms with Crippen LogP contribution in [0.4, 0.5) is 0 Å². The molecule has 2 aromatic carbocycles. The second-order valence-corrected chi connectivity index (χ2v) is 7.69. The summed E-state index contributed by atoms with van der Waals surface area (Å²) in [6, 6.07) is 5.91. The average molecular weight is 384 g/mol. The highest BCUT2D eigenvalue weighted by Crippen LogP contribution is 2.46. The summed E-state index contributed by atoms with van der Waals surface area (Å²) >= 11 is 0. The standard InChI is InChI=1S/C22H28N2O4/c1-23-9-7-14-5-6-18(26-3)22(16(14)12-23)28-19-11-20(27-4)21(25)17-13-24(2)10-8-15(17)19/h5-6,11,25H,7-10,12-13H2,1-4H3. The van der Waals surface area contributed by atoms with Crippen LogP contribution in [0.3, 0.4) is 0 Å². The molecule has 0 saturated heterocycles. The summed E-state index contributed by atoms with van der Waals surface area (Å²) in [6.07, 6.45) is 1.81. The van der Waals surface area contributed by atoms with Gasteiger partial charge < -0.3 is 29.1 Å². The third kappa shape index (κ3) is 3.27. The Labute approximate surface area is 166 Å². The molecule has 0 bridgehead atoms. The number of phenols is 1. The van der Waals surface area contributed by atoms with E-state index in [0.717, 1.165) is 60.9 Å². The zero-order valence-electron chi connectivity index (χ0n) is 17.0. The Morgan fingerprint density at radius 1 is 0.821 bits per heavy atom. The maximum atomic E-state index is 10.6. The number of phenolic OH excluding ortho intramolecular Hbond substituents is 1. The van der Waals surface area contributed by atoms with Gasteiger partial charge >= 0.3 is 0 Å². The first-order valence-electron chi connectivity index (χ1n) is 9.67. The van der Waals surface area contributed by atoms with E-state index in [-0.39, 0.29) is 5.75 Å². The number of nitrogens with zero attached hydrogens (tertiary/aromatic N) is 2. The van der Waals surface area contributed by atoms with Gasteiger partial charge in [-0.15, -0.1) is 0 Å². The molecule has 0 atom stereocenters. The lowest BCUT2D eigenvalue weighted by molar-refractivity contribution is 0.288. The van der Waals surface area contributed by atoms with Crippen molar-refractivity contribution in [2.75, 3.05) is 41.4 Å². The quantitative estimate of drug-likeness (QED) is 0.874. The molecule has 0 saturated carbocycles. The number of likely N-dealkylation sites (N-methyl/N-ethyl adjacent to an activating group) is 2. The summed E-state index contributed by atoms with van der Waals surface area (Å²) in [7, 11) is 7.41. The molecule has 150 valence electrons. The topological polar surface area (TPSA) is 54.4 Å². The lowest BCUT2D eigenvalue weighted by Gasteiger charge is -2.30. The van der Waals surface area contributed by atoms with Crippen molar-refractivity contribution in [3.63, 3.8) is 0 Å². The first kappa shape index (κ1) is 18.9. The molecule has 2 aliphatic rings. The molecule has 6 nitrogen and oxygen atoms in total. The molecule has 28 heavy (non-hydrogen) atoms. The molecule has 0 unspecified atom stereocenters. The summed E-state index contributed by atoms with van der Waals surface area (Å²) in [4.78, 5) is 4.47. The van der Waals surface area contributed by atoms with E-state index in [4.69, 9.17) is 14.2 Å². The van der Waals surface area contributed by atoms with E-state index in [1.54, 1.807) is 20.3 Å². The summed E-state index contributed by atoms with van der Waals surface area (Å²) < 4.78 is 17.6. The number of methoxy groups -OCH3 is 2. The van der Waals surface area contributed by atoms with Gasteiger partial charge in [-0.3, -0.25) is 0 Å². The van der Waals surface area contributed by atoms with Crippen molar-refractivity contribution in [1.82, 2.24) is 9.80 Å². The number of fused-ring (bicyclic) bond motifs is 2. The third-order valence-electron chi connectivity index (χ3n) is 5.78. The number of benzene rings is 2. The van der Waals surface area contributed by atoms with Crippen LogP contribution in [0.1, 0.15) is 22.3 Å². The van der Waals surface area contributed by atoms with Crippen molar-refractivity contribution in [3.8, 4) is 28.7 Å². The van der Waals surface area contributed by atoms with E-state index in [9.17, 15) is 5.11 Å². The van der Waals surface area contributed by atoms with Gasteiger partial charge in [0.25, 0.3) is 0 Å². The number of aromatic hydroxyl groups is 1. The largest absolute Gasteiger partial charge is 0.504 e. The van der Waals surface area contributed by atoms with Crippen LogP contribution in [0.15, 0.2) is 18.2 Å². The molecule has 1 N–H and O–H groups in total. The van der Waals surface area contributed by atoms with Crippen molar-refractivity contribution >= 4 is 0 Å². The van der Waals surface area contributed by atoms with Crippen molar-refractivity contribution in [3.05, 3.63) is 40.5 Å². The molecule has 2 aromatic rings. The van der Waals surface area contributed by atoms with Crippen LogP contribution in [0.25, 0.3) is 0 Å². The minimum absolute atomic E-state index is 0.207. The maximum absolute atomic E-state index is 10.6. The van der Waals surface area contributed by atoms with Gasteiger partial charge in [-0.05, 0) is 38.6 Å². The average Bonchev–Trinajstić information content (AvgIpc) is 2.70. The van der Waals surface area contributed by atoms with E-state index in [2.05, 4.69) is 30.0 Å². The second-order valence-electron chi connectivity index (χ2n) is 7.69. The van der Waals surface area contributed by atoms with Gasteiger partial charge in [-0.25, -0.2) is 0 Å². The molecule has 2 aliphatic heterocycles. The van der Waals surface area contributed by atoms with E-state index in [1.807, 2.05) is 6.07 Å². The molecule has 0 spiro atoms. The Balaban J connectivity index is 1.83. The minimum atomic E-state index is 0.207. The monoisotopic (exact) mass is 384 g/mol. The molecule has 0 aliphatic carbocycles. The van der Waals surface area contributed by atoms with Crippen LogP contribution in [0.5, 0.6) is 28.7 Å². The molecule has 6 heteroatoms. The van der Waals surface area contributed by atoms with Crippen LogP contribution in [0, 0.1) is 0 Å². The normalized spacial score (nSPS) is 17.0. The van der Waals surface area contributed by atoms with Gasteiger partial charge in [0.05, 0.1) is 14.2 Å². The van der Waals surface area contributed by atoms with E-state index >= 15 is 0 Å². The SMILES string of the molecule is COc1cc(Oc2c(OC)ccc3c2CN(C)CC3)c2c(c1O)CN(C)CC2. The third-order valence-corrected chi connectivity index (χ3v) is 5.78. The first-order chi connectivity index (χ1) is 13.5. The highest BCUT2D eigenvalue weighted by atomic mass is 16.5. The Hall–Kier alpha value is -2.44. The number of ether oxygens (including phenoxy) is 3. The minimum Gasteiger partial charge on any atom is -0.504 e. The summed E-state index contributed by atoms with van der Waals surface area (Å²) in [6.45, 7) is 3.44. The van der Waals surface area contributed by atoms with E-state index < -0.39 is 0 Å². The molecule has 2 heterocycles. The Bertz CT molecular complexity index is 897. The zero-order chi connectivity index (χ0) is 19.8. The van der Waals surface area contributed by atoms with Crippen LogP contribution in [-0.4, -0.2) is 56.3 Å². The molecule has 4 rings (SSSR count). The van der Waals surface area contributed by atoms with Crippen LogP contribution < -0.4 is 14.2 Å². The van der Waals surface area contributed by atoms with Gasteiger partial charge in [0.1, 0.15) is 5.75 Å². The van der Waals surface area contributed by atoms with Gasteiger partial charge in [-0.1, -0.05) is 6.07 Å². The summed E-state index contributed by atoms with van der Waals surface area (Å²) in [5, 5.41) is 10.6. The van der Waals surface area contributed by atoms with E-state index in [0.29, 0.717) is 12.3 Å². The maximum Gasteiger partial charge on any atom is 0.174 e. The lowest BCUT2D eigenvalue weighted by Crippen LogP contribution is -2.27. The second kappa shape index (κ2) is 7.53. The van der Waals surface area contributed by atoms with Crippen LogP contribution in [-0.2, 0) is 25.9 Å². The van der Waals surface area contributed by atoms with Crippen molar-refractivity contribution in [1.29, 1.82) is 0 Å². The summed E-state index contributed by atoms with van der Waals surface area (Å²) in [5.74, 6) is 2.86. The van der Waals surface area contributed by atoms with Crippen molar-refractivity contribution in [2.24, 2.45) is 0 Å². The zero-order valence-corrected chi connectivity index (χ0v) is 17.0. The number of rotatable bonds is 4. The van der Waals surface area contributed by atoms with Gasteiger partial charge in [0.2, 0.25) is 0 Å². The fourth-order valence-corrected chi connectivity index (χ4v) is 4.16. The highest BCUT2D eigenvalue weighted by Gasteiger charge is 2.27. The Morgan fingerprint density at radius 3 is 2.21 bits per heavy atom. The number of hydrogen-bond acceptors (Lipinski definition) is 6. The predicted octanol–water partition coefficient (Wildman–Crippen LogP) is 3.18. The first-order valence-corrected chi connectivity index (χ1v) is 9.67. The smallest absolute Gasteiger partial charge is 0.174 e. The molecule has 0 radical (unpaired) electrons. The highest BCUT2D eigenvalue weighted by molar-refractivity contribution is 5.60. The van der Waals surface area contributed by atoms with Crippen LogP contribution in [0.2, 0.25) is 0 Å². The Morgan fingerprint density at radius 2 is 1.50 bits per heavy atom.